The predicted molar refractivity (Wildman–Crippen MR) is 40.3 cm³/mol. The van der Waals surface area contributed by atoms with E-state index in [1.165, 1.54) is 0 Å². The lowest BCUT2D eigenvalue weighted by Crippen LogP contribution is -2.25. The normalized spacial score (nSPS) is 11.9. The smallest absolute Gasteiger partial charge is 0.0638 e. The second kappa shape index (κ2) is 5.87. The molecule has 0 aliphatic rings. The molecule has 0 heterocycles. The van der Waals surface area contributed by atoms with Gasteiger partial charge in [-0.2, -0.15) is 5.26 Å². The Labute approximate surface area is 62.4 Å². The first-order chi connectivity index (χ1) is 3.68. The van der Waals surface area contributed by atoms with Crippen LogP contribution in [0.3, 0.4) is 0 Å². The van der Waals surface area contributed by atoms with Crippen molar-refractivity contribution in [3.05, 3.63) is 0 Å². The molecule has 0 amide bonds. The maximum absolute atomic E-state index is 8.16. The molecule has 0 aromatic heterocycles. The van der Waals surface area contributed by atoms with Gasteiger partial charge in [0.15, 0.2) is 0 Å². The molecule has 3 heteroatoms. The minimum atomic E-state index is 0. The van der Waals surface area contributed by atoms with Crippen molar-refractivity contribution in [1.29, 1.82) is 5.26 Å². The molecule has 9 heavy (non-hydrogen) atoms. The quantitative estimate of drug-likeness (QED) is 0.642. The van der Waals surface area contributed by atoms with E-state index >= 15 is 0 Å². The van der Waals surface area contributed by atoms with Crippen LogP contribution >= 0.6 is 12.4 Å². The van der Waals surface area contributed by atoms with E-state index in [1.807, 2.05) is 19.9 Å². The van der Waals surface area contributed by atoms with Gasteiger partial charge < -0.3 is 5.73 Å². The molecule has 0 rings (SSSR count). The zero-order chi connectivity index (χ0) is 6.57. The van der Waals surface area contributed by atoms with Crippen LogP contribution in [0, 0.1) is 17.2 Å². The Balaban J connectivity index is 0. The molecule has 0 aliphatic heterocycles. The highest BCUT2D eigenvalue weighted by Gasteiger charge is 2.04. The fourth-order valence-corrected chi connectivity index (χ4v) is 0.341. The lowest BCUT2D eigenvalue weighted by Gasteiger charge is -2.09. The van der Waals surface area contributed by atoms with E-state index in [2.05, 4.69) is 0 Å². The number of nitrogens with zero attached hydrogens (tertiary/aromatic N) is 1. The van der Waals surface area contributed by atoms with E-state index in [1.54, 1.807) is 0 Å². The number of rotatable bonds is 2. The van der Waals surface area contributed by atoms with Crippen molar-refractivity contribution in [1.82, 2.24) is 0 Å². The van der Waals surface area contributed by atoms with Gasteiger partial charge in [-0.3, -0.25) is 0 Å². The first-order valence-electron chi connectivity index (χ1n) is 2.81. The molecule has 0 aromatic rings. The van der Waals surface area contributed by atoms with Crippen LogP contribution in [0.25, 0.3) is 0 Å². The molecule has 2 N–H and O–H groups in total. The molecule has 54 valence electrons. The van der Waals surface area contributed by atoms with Crippen LogP contribution in [0.1, 0.15) is 20.3 Å². The third kappa shape index (κ3) is 5.61. The molecular formula is C6H13ClN2. The second-order valence-electron chi connectivity index (χ2n) is 2.27. The van der Waals surface area contributed by atoms with Crippen LogP contribution in [0.15, 0.2) is 0 Å². The van der Waals surface area contributed by atoms with Crippen molar-refractivity contribution < 1.29 is 0 Å². The van der Waals surface area contributed by atoms with Gasteiger partial charge in [0.1, 0.15) is 0 Å². The molecule has 0 aromatic carbocycles. The molecule has 0 saturated carbocycles. The molecule has 0 spiro atoms. The number of hydrogen-bond acceptors (Lipinski definition) is 2. The van der Waals surface area contributed by atoms with Crippen molar-refractivity contribution in [2.75, 3.05) is 0 Å². The van der Waals surface area contributed by atoms with Crippen LogP contribution in [0.2, 0.25) is 0 Å². The van der Waals surface area contributed by atoms with Crippen molar-refractivity contribution in [3.8, 4) is 6.07 Å². The first-order valence-corrected chi connectivity index (χ1v) is 2.81. The summed E-state index contributed by atoms with van der Waals surface area (Å²) in [5.41, 5.74) is 5.50. The zero-order valence-electron chi connectivity index (χ0n) is 5.79. The summed E-state index contributed by atoms with van der Waals surface area (Å²) in [6.45, 7) is 4.03. The van der Waals surface area contributed by atoms with E-state index in [4.69, 9.17) is 11.0 Å². The Morgan fingerprint density at radius 1 is 1.56 bits per heavy atom. The van der Waals surface area contributed by atoms with Gasteiger partial charge in [-0.1, -0.05) is 13.8 Å². The van der Waals surface area contributed by atoms with Crippen LogP contribution < -0.4 is 5.73 Å². The summed E-state index contributed by atoms with van der Waals surface area (Å²) in [5.74, 6) is 0.426. The van der Waals surface area contributed by atoms with Crippen molar-refractivity contribution in [2.45, 2.75) is 26.3 Å². The van der Waals surface area contributed by atoms with Gasteiger partial charge in [0.05, 0.1) is 12.5 Å². The van der Waals surface area contributed by atoms with Crippen LogP contribution in [0.5, 0.6) is 0 Å². The summed E-state index contributed by atoms with van der Waals surface area (Å²) in [5, 5.41) is 8.16. The van der Waals surface area contributed by atoms with Gasteiger partial charge in [0, 0.05) is 6.04 Å². The maximum Gasteiger partial charge on any atom is 0.0638 e. The standard InChI is InChI=1S/C6H12N2.ClH/c1-5(2)6(8)3-4-7;/h5-6H,3,8H2,1-2H3;1H. The summed E-state index contributed by atoms with van der Waals surface area (Å²) >= 11 is 0. The summed E-state index contributed by atoms with van der Waals surface area (Å²) in [6.07, 6.45) is 0.470. The fourth-order valence-electron chi connectivity index (χ4n) is 0.341. The highest BCUT2D eigenvalue weighted by atomic mass is 35.5. The first kappa shape index (κ1) is 11.5. The Kier molecular flexibility index (Phi) is 7.52. The monoisotopic (exact) mass is 148 g/mol. The SMILES string of the molecule is CC(C)C(N)CC#N.Cl. The average molecular weight is 149 g/mol. The number of nitrogens with two attached hydrogens (primary N) is 1. The Morgan fingerprint density at radius 2 is 2.00 bits per heavy atom. The lowest BCUT2D eigenvalue weighted by atomic mass is 10.0. The molecular weight excluding hydrogens is 136 g/mol. The lowest BCUT2D eigenvalue weighted by molar-refractivity contribution is 0.501. The number of halogens is 1. The minimum Gasteiger partial charge on any atom is -0.327 e. The van der Waals surface area contributed by atoms with E-state index < -0.39 is 0 Å². The van der Waals surface area contributed by atoms with Crippen LogP contribution in [-0.4, -0.2) is 6.04 Å². The van der Waals surface area contributed by atoms with Gasteiger partial charge in [-0.25, -0.2) is 0 Å². The van der Waals surface area contributed by atoms with Crippen molar-refractivity contribution >= 4 is 12.4 Å². The zero-order valence-corrected chi connectivity index (χ0v) is 6.61. The highest BCUT2D eigenvalue weighted by molar-refractivity contribution is 5.85. The van der Waals surface area contributed by atoms with Crippen LogP contribution in [0.4, 0.5) is 0 Å². The largest absolute Gasteiger partial charge is 0.327 e. The molecule has 2 nitrogen and oxygen atoms in total. The highest BCUT2D eigenvalue weighted by Crippen LogP contribution is 2.00. The van der Waals surface area contributed by atoms with Gasteiger partial charge in [-0.15, -0.1) is 12.4 Å². The van der Waals surface area contributed by atoms with E-state index in [0.29, 0.717) is 12.3 Å². The molecule has 0 radical (unpaired) electrons. The van der Waals surface area contributed by atoms with Gasteiger partial charge >= 0.3 is 0 Å². The third-order valence-corrected chi connectivity index (χ3v) is 1.18. The van der Waals surface area contributed by atoms with Crippen molar-refractivity contribution in [2.24, 2.45) is 11.7 Å². The van der Waals surface area contributed by atoms with Crippen LogP contribution in [-0.2, 0) is 0 Å². The number of hydrogen-bond donors (Lipinski definition) is 1. The number of nitriles is 1. The Bertz CT molecular complexity index is 95.7. The molecule has 0 saturated heterocycles. The third-order valence-electron chi connectivity index (χ3n) is 1.18. The summed E-state index contributed by atoms with van der Waals surface area (Å²) in [4.78, 5) is 0. The fraction of sp³-hybridized carbons (Fsp3) is 0.833. The molecule has 0 aliphatic carbocycles. The summed E-state index contributed by atoms with van der Waals surface area (Å²) in [6, 6.07) is 2.08. The van der Waals surface area contributed by atoms with Gasteiger partial charge in [-0.05, 0) is 5.92 Å². The molecule has 1 unspecified atom stereocenters. The molecule has 0 bridgehead atoms. The van der Waals surface area contributed by atoms with E-state index in [-0.39, 0.29) is 18.4 Å². The van der Waals surface area contributed by atoms with Gasteiger partial charge in [0.25, 0.3) is 0 Å². The topological polar surface area (TPSA) is 49.8 Å². The summed E-state index contributed by atoms with van der Waals surface area (Å²) < 4.78 is 0. The summed E-state index contributed by atoms with van der Waals surface area (Å²) in [7, 11) is 0. The second-order valence-corrected chi connectivity index (χ2v) is 2.27. The van der Waals surface area contributed by atoms with Crippen molar-refractivity contribution in [3.63, 3.8) is 0 Å². The Morgan fingerprint density at radius 3 is 2.11 bits per heavy atom. The van der Waals surface area contributed by atoms with E-state index in [9.17, 15) is 0 Å². The van der Waals surface area contributed by atoms with Gasteiger partial charge in [0.2, 0.25) is 0 Å². The van der Waals surface area contributed by atoms with E-state index in [0.717, 1.165) is 0 Å². The molecule has 1 atom stereocenters. The molecule has 0 fully saturated rings. The Hall–Kier alpha value is -0.260. The average Bonchev–Trinajstić information content (AvgIpc) is 1.67. The predicted octanol–water partition coefficient (Wildman–Crippen LogP) is 1.31. The maximum atomic E-state index is 8.16. The minimum absolute atomic E-state index is 0.